The van der Waals surface area contributed by atoms with Crippen molar-refractivity contribution in [3.63, 3.8) is 0 Å². The fraction of sp³-hybridized carbons (Fsp3) is 0.429. The van der Waals surface area contributed by atoms with Gasteiger partial charge in [0.05, 0.1) is 12.0 Å². The van der Waals surface area contributed by atoms with Crippen LogP contribution in [0, 0.1) is 0 Å². The van der Waals surface area contributed by atoms with Crippen LogP contribution in [0.25, 0.3) is 0 Å². The first-order chi connectivity index (χ1) is 9.74. The predicted octanol–water partition coefficient (Wildman–Crippen LogP) is 1.55. The first-order valence-corrected chi connectivity index (χ1v) is 6.26. The van der Waals surface area contributed by atoms with Crippen molar-refractivity contribution >= 4 is 11.8 Å². The number of Topliss-reactive ketones (excluding diaryl/α,β-unsaturated/α-hetero) is 1. The maximum atomic E-state index is 13.7. The SMILES string of the molecule is CC(=O)[C@@]1(O)CC(F)(F)[C@H](COC(=O)c2ccccc2)O1. The average molecular weight is 300 g/mol. The summed E-state index contributed by atoms with van der Waals surface area (Å²) in [7, 11) is 0. The third-order valence-electron chi connectivity index (χ3n) is 3.21. The van der Waals surface area contributed by atoms with Gasteiger partial charge in [0.2, 0.25) is 5.79 Å². The molecule has 1 fully saturated rings. The third-order valence-corrected chi connectivity index (χ3v) is 3.21. The maximum Gasteiger partial charge on any atom is 0.338 e. The minimum absolute atomic E-state index is 0.209. The molecule has 1 aliphatic heterocycles. The largest absolute Gasteiger partial charge is 0.459 e. The molecule has 1 aromatic rings. The molecular weight excluding hydrogens is 286 g/mol. The maximum absolute atomic E-state index is 13.7. The van der Waals surface area contributed by atoms with Crippen LogP contribution in [0.4, 0.5) is 8.78 Å². The van der Waals surface area contributed by atoms with Gasteiger partial charge in [-0.3, -0.25) is 4.79 Å². The van der Waals surface area contributed by atoms with E-state index in [0.717, 1.165) is 6.92 Å². The van der Waals surface area contributed by atoms with E-state index in [1.54, 1.807) is 18.2 Å². The van der Waals surface area contributed by atoms with E-state index in [4.69, 9.17) is 9.47 Å². The molecule has 0 bridgehead atoms. The molecular formula is C14H14F2O5. The number of alkyl halides is 2. The van der Waals surface area contributed by atoms with Gasteiger partial charge in [-0.25, -0.2) is 13.6 Å². The number of hydrogen-bond acceptors (Lipinski definition) is 5. The molecule has 21 heavy (non-hydrogen) atoms. The topological polar surface area (TPSA) is 72.8 Å². The van der Waals surface area contributed by atoms with Crippen LogP contribution in [0.1, 0.15) is 23.7 Å². The van der Waals surface area contributed by atoms with E-state index < -0.39 is 42.6 Å². The van der Waals surface area contributed by atoms with Gasteiger partial charge >= 0.3 is 5.97 Å². The van der Waals surface area contributed by atoms with Gasteiger partial charge in [-0.1, -0.05) is 18.2 Å². The van der Waals surface area contributed by atoms with Crippen LogP contribution >= 0.6 is 0 Å². The standard InChI is InChI=1S/C14H14F2O5/c1-9(17)14(19)8-13(15,16)11(21-14)7-20-12(18)10-5-3-2-4-6-10/h2-6,11,19H,7-8H2,1H3/t11-,14+/m0/s1. The highest BCUT2D eigenvalue weighted by Gasteiger charge is 2.60. The van der Waals surface area contributed by atoms with Crippen molar-refractivity contribution in [2.75, 3.05) is 6.61 Å². The lowest BCUT2D eigenvalue weighted by molar-refractivity contribution is -0.202. The Labute approximate surface area is 119 Å². The van der Waals surface area contributed by atoms with Crippen molar-refractivity contribution in [2.45, 2.75) is 31.2 Å². The van der Waals surface area contributed by atoms with E-state index in [0.29, 0.717) is 0 Å². The summed E-state index contributed by atoms with van der Waals surface area (Å²) in [4.78, 5) is 22.8. The van der Waals surface area contributed by atoms with Crippen LogP contribution < -0.4 is 0 Å². The van der Waals surface area contributed by atoms with E-state index in [1.807, 2.05) is 0 Å². The molecule has 0 unspecified atom stereocenters. The Bertz CT molecular complexity index is 546. The molecule has 0 aliphatic carbocycles. The van der Waals surface area contributed by atoms with Gasteiger partial charge in [0.25, 0.3) is 5.92 Å². The quantitative estimate of drug-likeness (QED) is 0.854. The summed E-state index contributed by atoms with van der Waals surface area (Å²) in [5.74, 6) is -7.70. The molecule has 1 heterocycles. The number of ether oxygens (including phenoxy) is 2. The fourth-order valence-electron chi connectivity index (χ4n) is 1.97. The number of carbonyl (C=O) groups is 2. The molecule has 0 radical (unpaired) electrons. The molecule has 1 N–H and O–H groups in total. The van der Waals surface area contributed by atoms with Gasteiger partial charge in [0.1, 0.15) is 6.61 Å². The Morgan fingerprint density at radius 3 is 2.52 bits per heavy atom. The van der Waals surface area contributed by atoms with E-state index in [2.05, 4.69) is 0 Å². The van der Waals surface area contributed by atoms with E-state index >= 15 is 0 Å². The highest BCUT2D eigenvalue weighted by molar-refractivity contribution is 5.89. The Morgan fingerprint density at radius 1 is 1.38 bits per heavy atom. The van der Waals surface area contributed by atoms with Gasteiger partial charge in [-0.05, 0) is 12.1 Å². The van der Waals surface area contributed by atoms with Crippen LogP contribution in [-0.2, 0) is 14.3 Å². The lowest BCUT2D eigenvalue weighted by Gasteiger charge is -2.19. The lowest BCUT2D eigenvalue weighted by atomic mass is 10.1. The number of aliphatic hydroxyl groups is 1. The average Bonchev–Trinajstić information content (AvgIpc) is 2.67. The number of esters is 1. The fourth-order valence-corrected chi connectivity index (χ4v) is 1.97. The van der Waals surface area contributed by atoms with Gasteiger partial charge < -0.3 is 14.6 Å². The zero-order chi connectivity index (χ0) is 15.7. The van der Waals surface area contributed by atoms with Crippen molar-refractivity contribution in [1.29, 1.82) is 0 Å². The van der Waals surface area contributed by atoms with Crippen molar-refractivity contribution in [3.05, 3.63) is 35.9 Å². The van der Waals surface area contributed by atoms with Crippen molar-refractivity contribution in [1.82, 2.24) is 0 Å². The van der Waals surface area contributed by atoms with Gasteiger partial charge in [-0.15, -0.1) is 0 Å². The Balaban J connectivity index is 2.00. The zero-order valence-electron chi connectivity index (χ0n) is 11.2. The summed E-state index contributed by atoms with van der Waals surface area (Å²) in [5, 5.41) is 9.66. The minimum Gasteiger partial charge on any atom is -0.459 e. The van der Waals surface area contributed by atoms with Crippen LogP contribution in [0.3, 0.4) is 0 Å². The lowest BCUT2D eigenvalue weighted by Crippen LogP contribution is -2.37. The molecule has 2 atom stereocenters. The van der Waals surface area contributed by atoms with Crippen molar-refractivity contribution in [3.8, 4) is 0 Å². The van der Waals surface area contributed by atoms with E-state index in [1.165, 1.54) is 12.1 Å². The Kier molecular flexibility index (Phi) is 4.06. The number of hydrogen-bond donors (Lipinski definition) is 1. The molecule has 0 amide bonds. The summed E-state index contributed by atoms with van der Waals surface area (Å²) < 4.78 is 36.8. The summed E-state index contributed by atoms with van der Waals surface area (Å²) in [6.07, 6.45) is -3.01. The minimum atomic E-state index is -3.46. The molecule has 0 spiro atoms. The third kappa shape index (κ3) is 3.25. The van der Waals surface area contributed by atoms with Gasteiger partial charge in [0, 0.05) is 6.92 Å². The number of rotatable bonds is 4. The second-order valence-electron chi connectivity index (χ2n) is 4.85. The van der Waals surface area contributed by atoms with Gasteiger partial charge in [-0.2, -0.15) is 0 Å². The monoisotopic (exact) mass is 300 g/mol. The first kappa shape index (κ1) is 15.5. The Morgan fingerprint density at radius 2 is 2.00 bits per heavy atom. The summed E-state index contributed by atoms with van der Waals surface area (Å²) in [6, 6.07) is 7.85. The van der Waals surface area contributed by atoms with E-state index in [9.17, 15) is 23.5 Å². The molecule has 5 nitrogen and oxygen atoms in total. The molecule has 7 heteroatoms. The molecule has 1 aromatic carbocycles. The van der Waals surface area contributed by atoms with Crippen LogP contribution in [0.2, 0.25) is 0 Å². The number of carbonyl (C=O) groups excluding carboxylic acids is 2. The van der Waals surface area contributed by atoms with Gasteiger partial charge in [0.15, 0.2) is 11.9 Å². The zero-order valence-corrected chi connectivity index (χ0v) is 11.2. The number of benzene rings is 1. The van der Waals surface area contributed by atoms with Crippen LogP contribution in [0.15, 0.2) is 30.3 Å². The first-order valence-electron chi connectivity index (χ1n) is 6.26. The number of ketones is 1. The highest BCUT2D eigenvalue weighted by atomic mass is 19.3. The van der Waals surface area contributed by atoms with Crippen molar-refractivity contribution in [2.24, 2.45) is 0 Å². The molecule has 1 saturated heterocycles. The van der Waals surface area contributed by atoms with E-state index in [-0.39, 0.29) is 5.56 Å². The second-order valence-corrected chi connectivity index (χ2v) is 4.85. The molecule has 0 aromatic heterocycles. The second kappa shape index (κ2) is 5.50. The Hall–Kier alpha value is -1.86. The van der Waals surface area contributed by atoms with Crippen LogP contribution in [-0.4, -0.2) is 41.3 Å². The summed E-state index contributed by atoms with van der Waals surface area (Å²) in [5.41, 5.74) is 0.209. The predicted molar refractivity (Wildman–Crippen MR) is 66.8 cm³/mol. The smallest absolute Gasteiger partial charge is 0.338 e. The summed E-state index contributed by atoms with van der Waals surface area (Å²) in [6.45, 7) is 0.199. The van der Waals surface area contributed by atoms with Crippen molar-refractivity contribution < 1.29 is 33.0 Å². The number of halogens is 2. The molecule has 114 valence electrons. The summed E-state index contributed by atoms with van der Waals surface area (Å²) >= 11 is 0. The molecule has 1 aliphatic rings. The molecule has 0 saturated carbocycles. The van der Waals surface area contributed by atoms with Crippen LogP contribution in [0.5, 0.6) is 0 Å². The normalized spacial score (nSPS) is 27.3. The highest BCUT2D eigenvalue weighted by Crippen LogP contribution is 2.41. The molecule has 2 rings (SSSR count).